The molecule has 0 aliphatic carbocycles. The maximum absolute atomic E-state index is 5.11. The van der Waals surface area contributed by atoms with Crippen LogP contribution in [-0.4, -0.2) is 10.5 Å². The molecule has 0 aromatic carbocycles. The Bertz CT molecular complexity index is 320. The standard InChI is InChI=1S/C11H16BrNO/c1-7(2)10(6-12)5-11-8(3)13-14-9(11)4/h5,7H,6H2,1-4H3/b10-5+. The molecular formula is C11H16BrNO. The fourth-order valence-electron chi connectivity index (χ4n) is 1.24. The third-order valence-electron chi connectivity index (χ3n) is 2.31. The zero-order valence-electron chi connectivity index (χ0n) is 9.10. The molecule has 0 aliphatic rings. The van der Waals surface area contributed by atoms with E-state index in [1.54, 1.807) is 0 Å². The number of nitrogens with zero attached hydrogens (tertiary/aromatic N) is 1. The van der Waals surface area contributed by atoms with Gasteiger partial charge in [0, 0.05) is 10.9 Å². The van der Waals surface area contributed by atoms with Gasteiger partial charge in [0.25, 0.3) is 0 Å². The lowest BCUT2D eigenvalue weighted by atomic mass is 10.0. The van der Waals surface area contributed by atoms with Crippen LogP contribution in [0, 0.1) is 19.8 Å². The molecule has 78 valence electrons. The predicted molar refractivity (Wildman–Crippen MR) is 62.6 cm³/mol. The van der Waals surface area contributed by atoms with Crippen LogP contribution in [0.1, 0.15) is 30.9 Å². The second-order valence-electron chi connectivity index (χ2n) is 3.75. The van der Waals surface area contributed by atoms with Gasteiger partial charge in [-0.1, -0.05) is 40.5 Å². The zero-order chi connectivity index (χ0) is 10.7. The van der Waals surface area contributed by atoms with Gasteiger partial charge in [0.15, 0.2) is 0 Å². The van der Waals surface area contributed by atoms with Crippen LogP contribution < -0.4 is 0 Å². The third kappa shape index (κ3) is 2.47. The molecule has 0 amide bonds. The van der Waals surface area contributed by atoms with Crippen LogP contribution in [0.4, 0.5) is 0 Å². The molecule has 0 radical (unpaired) electrons. The predicted octanol–water partition coefficient (Wildman–Crippen LogP) is 3.73. The average molecular weight is 258 g/mol. The molecular weight excluding hydrogens is 242 g/mol. The Morgan fingerprint density at radius 1 is 1.50 bits per heavy atom. The molecule has 14 heavy (non-hydrogen) atoms. The monoisotopic (exact) mass is 257 g/mol. The highest BCUT2D eigenvalue weighted by Crippen LogP contribution is 2.21. The number of rotatable bonds is 3. The lowest BCUT2D eigenvalue weighted by molar-refractivity contribution is 0.393. The first-order chi connectivity index (χ1) is 6.56. The molecule has 1 heterocycles. The summed E-state index contributed by atoms with van der Waals surface area (Å²) in [4.78, 5) is 0. The number of aryl methyl sites for hydroxylation is 2. The summed E-state index contributed by atoms with van der Waals surface area (Å²) < 4.78 is 5.11. The number of allylic oxidation sites excluding steroid dienone is 1. The number of alkyl halides is 1. The summed E-state index contributed by atoms with van der Waals surface area (Å²) in [5.41, 5.74) is 3.44. The maximum Gasteiger partial charge on any atom is 0.141 e. The van der Waals surface area contributed by atoms with E-state index < -0.39 is 0 Å². The first kappa shape index (κ1) is 11.5. The van der Waals surface area contributed by atoms with Gasteiger partial charge in [-0.2, -0.15) is 0 Å². The van der Waals surface area contributed by atoms with E-state index in [0.29, 0.717) is 5.92 Å². The number of hydrogen-bond acceptors (Lipinski definition) is 2. The Morgan fingerprint density at radius 2 is 2.14 bits per heavy atom. The Labute approximate surface area is 93.5 Å². The molecule has 0 atom stereocenters. The highest BCUT2D eigenvalue weighted by atomic mass is 79.9. The fourth-order valence-corrected chi connectivity index (χ4v) is 2.05. The molecule has 2 nitrogen and oxygen atoms in total. The van der Waals surface area contributed by atoms with Crippen molar-refractivity contribution in [2.45, 2.75) is 27.7 Å². The van der Waals surface area contributed by atoms with Gasteiger partial charge in [-0.3, -0.25) is 0 Å². The lowest BCUT2D eigenvalue weighted by Gasteiger charge is -2.07. The minimum atomic E-state index is 0.545. The minimum absolute atomic E-state index is 0.545. The van der Waals surface area contributed by atoms with E-state index in [9.17, 15) is 0 Å². The van der Waals surface area contributed by atoms with Crippen molar-refractivity contribution in [2.75, 3.05) is 5.33 Å². The van der Waals surface area contributed by atoms with E-state index in [1.807, 2.05) is 13.8 Å². The summed E-state index contributed by atoms with van der Waals surface area (Å²) in [7, 11) is 0. The first-order valence-corrected chi connectivity index (χ1v) is 5.87. The quantitative estimate of drug-likeness (QED) is 0.772. The van der Waals surface area contributed by atoms with Gasteiger partial charge in [-0.05, 0) is 25.8 Å². The molecule has 0 fully saturated rings. The second-order valence-corrected chi connectivity index (χ2v) is 4.31. The van der Waals surface area contributed by atoms with Gasteiger partial charge in [-0.15, -0.1) is 0 Å². The molecule has 1 rings (SSSR count). The van der Waals surface area contributed by atoms with Crippen molar-refractivity contribution in [2.24, 2.45) is 5.92 Å². The van der Waals surface area contributed by atoms with Gasteiger partial charge >= 0.3 is 0 Å². The van der Waals surface area contributed by atoms with Crippen molar-refractivity contribution in [3.05, 3.63) is 22.6 Å². The average Bonchev–Trinajstić information content (AvgIpc) is 2.43. The smallest absolute Gasteiger partial charge is 0.141 e. The van der Waals surface area contributed by atoms with Crippen molar-refractivity contribution in [3.8, 4) is 0 Å². The van der Waals surface area contributed by atoms with E-state index in [1.165, 1.54) is 5.57 Å². The van der Waals surface area contributed by atoms with Crippen LogP contribution in [0.2, 0.25) is 0 Å². The summed E-state index contributed by atoms with van der Waals surface area (Å²) in [5.74, 6) is 1.43. The van der Waals surface area contributed by atoms with Crippen LogP contribution in [0.3, 0.4) is 0 Å². The van der Waals surface area contributed by atoms with Crippen LogP contribution in [0.15, 0.2) is 10.1 Å². The number of halogens is 1. The van der Waals surface area contributed by atoms with E-state index in [2.05, 4.69) is 41.0 Å². The van der Waals surface area contributed by atoms with E-state index in [4.69, 9.17) is 4.52 Å². The van der Waals surface area contributed by atoms with E-state index in [0.717, 1.165) is 22.3 Å². The van der Waals surface area contributed by atoms with Crippen molar-refractivity contribution in [3.63, 3.8) is 0 Å². The van der Waals surface area contributed by atoms with Crippen LogP contribution >= 0.6 is 15.9 Å². The highest BCUT2D eigenvalue weighted by molar-refractivity contribution is 9.09. The summed E-state index contributed by atoms with van der Waals surface area (Å²) in [6.45, 7) is 8.28. The lowest BCUT2D eigenvalue weighted by Crippen LogP contribution is -1.95. The molecule has 0 saturated heterocycles. The number of hydrogen-bond donors (Lipinski definition) is 0. The Kier molecular flexibility index (Phi) is 3.93. The van der Waals surface area contributed by atoms with Crippen molar-refractivity contribution in [1.82, 2.24) is 5.16 Å². The van der Waals surface area contributed by atoms with Gasteiger partial charge < -0.3 is 4.52 Å². The molecule has 0 unspecified atom stereocenters. The molecule has 1 aromatic rings. The highest BCUT2D eigenvalue weighted by Gasteiger charge is 2.08. The summed E-state index contributed by atoms with van der Waals surface area (Å²) in [5, 5.41) is 4.83. The van der Waals surface area contributed by atoms with Crippen molar-refractivity contribution < 1.29 is 4.52 Å². The van der Waals surface area contributed by atoms with E-state index in [-0.39, 0.29) is 0 Å². The topological polar surface area (TPSA) is 26.0 Å². The molecule has 0 aliphatic heterocycles. The number of aromatic nitrogens is 1. The zero-order valence-corrected chi connectivity index (χ0v) is 10.7. The van der Waals surface area contributed by atoms with E-state index >= 15 is 0 Å². The molecule has 3 heteroatoms. The Balaban J connectivity index is 3.05. The summed E-state index contributed by atoms with van der Waals surface area (Å²) in [6, 6.07) is 0. The van der Waals surface area contributed by atoms with Crippen LogP contribution in [0.5, 0.6) is 0 Å². The Hall–Kier alpha value is -0.570. The maximum atomic E-state index is 5.11. The van der Waals surface area contributed by atoms with Gasteiger partial charge in [0.1, 0.15) is 5.76 Å². The van der Waals surface area contributed by atoms with Crippen LogP contribution in [-0.2, 0) is 0 Å². The van der Waals surface area contributed by atoms with Crippen molar-refractivity contribution >= 4 is 22.0 Å². The van der Waals surface area contributed by atoms with Gasteiger partial charge in [0.05, 0.1) is 5.69 Å². The molecule has 1 aromatic heterocycles. The third-order valence-corrected chi connectivity index (χ3v) is 2.96. The van der Waals surface area contributed by atoms with Gasteiger partial charge in [0.2, 0.25) is 0 Å². The SMILES string of the molecule is Cc1noc(C)c1/C=C(\CBr)C(C)C. The summed E-state index contributed by atoms with van der Waals surface area (Å²) in [6.07, 6.45) is 2.17. The molecule has 0 spiro atoms. The first-order valence-electron chi connectivity index (χ1n) is 4.75. The second kappa shape index (κ2) is 4.78. The fraction of sp³-hybridized carbons (Fsp3) is 0.545. The Morgan fingerprint density at radius 3 is 2.50 bits per heavy atom. The van der Waals surface area contributed by atoms with Crippen LogP contribution in [0.25, 0.3) is 6.08 Å². The molecule has 0 N–H and O–H groups in total. The minimum Gasteiger partial charge on any atom is -0.361 e. The molecule has 0 saturated carbocycles. The van der Waals surface area contributed by atoms with Gasteiger partial charge in [-0.25, -0.2) is 0 Å². The van der Waals surface area contributed by atoms with Crippen molar-refractivity contribution in [1.29, 1.82) is 0 Å². The largest absolute Gasteiger partial charge is 0.361 e. The molecule has 0 bridgehead atoms. The normalized spacial score (nSPS) is 12.6. The summed E-state index contributed by atoms with van der Waals surface area (Å²) >= 11 is 3.49.